The first-order chi connectivity index (χ1) is 13.1. The molecular formula is C21H23BrN4O. The molecule has 4 fully saturated rings. The van der Waals surface area contributed by atoms with Crippen LogP contribution in [0.1, 0.15) is 44.1 Å². The number of anilines is 1. The molecule has 2 heterocycles. The molecule has 4 saturated carbocycles. The molecule has 0 N–H and O–H groups in total. The maximum atomic E-state index is 13.9. The van der Waals surface area contributed by atoms with Gasteiger partial charge in [-0.1, -0.05) is 18.2 Å². The second-order valence-electron chi connectivity index (χ2n) is 9.26. The average Bonchev–Trinajstić information content (AvgIpc) is 3.26. The lowest BCUT2D eigenvalue weighted by molar-refractivity contribution is -0.153. The topological polar surface area (TPSA) is 51.0 Å². The number of hydrogen-bond acceptors (Lipinski definition) is 3. The molecule has 4 aliphatic carbocycles. The first kappa shape index (κ1) is 16.3. The van der Waals surface area contributed by atoms with Crippen LogP contribution in [-0.2, 0) is 16.8 Å². The number of carbonyl (C=O) groups excluding carboxylic acids is 1. The van der Waals surface area contributed by atoms with E-state index in [4.69, 9.17) is 0 Å². The van der Waals surface area contributed by atoms with Crippen LogP contribution in [0.4, 0.5) is 5.69 Å². The Labute approximate surface area is 167 Å². The Morgan fingerprint density at radius 2 is 1.93 bits per heavy atom. The Hall–Kier alpha value is -1.69. The first-order valence-electron chi connectivity index (χ1n) is 10.0. The predicted octanol–water partition coefficient (Wildman–Crippen LogP) is 3.93. The molecule has 4 bridgehead atoms. The smallest absolute Gasteiger partial charge is 0.233 e. The van der Waals surface area contributed by atoms with Gasteiger partial charge in [-0.05, 0) is 84.3 Å². The zero-order valence-electron chi connectivity index (χ0n) is 15.3. The van der Waals surface area contributed by atoms with Crippen molar-refractivity contribution < 1.29 is 4.79 Å². The molecule has 6 heteroatoms. The van der Waals surface area contributed by atoms with Crippen LogP contribution in [0.2, 0.25) is 0 Å². The highest BCUT2D eigenvalue weighted by atomic mass is 79.9. The van der Waals surface area contributed by atoms with Crippen molar-refractivity contribution in [3.05, 3.63) is 40.9 Å². The molecule has 5 nitrogen and oxygen atoms in total. The molecule has 7 rings (SSSR count). The fraction of sp³-hybridized carbons (Fsp3) is 0.571. The van der Waals surface area contributed by atoms with Crippen LogP contribution in [0, 0.1) is 17.3 Å². The van der Waals surface area contributed by atoms with Crippen molar-refractivity contribution in [3.8, 4) is 0 Å². The number of halogens is 1. The van der Waals surface area contributed by atoms with E-state index < -0.39 is 0 Å². The van der Waals surface area contributed by atoms with Crippen LogP contribution in [0.25, 0.3) is 0 Å². The van der Waals surface area contributed by atoms with Crippen LogP contribution < -0.4 is 4.90 Å². The summed E-state index contributed by atoms with van der Waals surface area (Å²) in [4.78, 5) is 20.3. The zero-order valence-corrected chi connectivity index (χ0v) is 16.9. The van der Waals surface area contributed by atoms with Crippen LogP contribution >= 0.6 is 15.9 Å². The van der Waals surface area contributed by atoms with Crippen LogP contribution in [0.3, 0.4) is 0 Å². The number of rotatable bonds is 2. The van der Waals surface area contributed by atoms with Gasteiger partial charge >= 0.3 is 0 Å². The molecule has 0 unspecified atom stereocenters. The van der Waals surface area contributed by atoms with Crippen LogP contribution in [0.5, 0.6) is 0 Å². The van der Waals surface area contributed by atoms with E-state index >= 15 is 0 Å². The van der Waals surface area contributed by atoms with Crippen LogP contribution in [0.15, 0.2) is 35.3 Å². The van der Waals surface area contributed by atoms with E-state index in [1.54, 1.807) is 0 Å². The lowest BCUT2D eigenvalue weighted by Crippen LogP contribution is -2.61. The normalized spacial score (nSPS) is 36.3. The van der Waals surface area contributed by atoms with Gasteiger partial charge in [-0.15, -0.1) is 5.10 Å². The monoisotopic (exact) mass is 426 g/mol. The van der Waals surface area contributed by atoms with Gasteiger partial charge in [0.1, 0.15) is 6.33 Å². The van der Waals surface area contributed by atoms with Crippen LogP contribution in [-0.4, -0.2) is 27.2 Å². The van der Waals surface area contributed by atoms with E-state index in [9.17, 15) is 4.79 Å². The van der Waals surface area contributed by atoms with Gasteiger partial charge in [0.25, 0.3) is 0 Å². The summed E-state index contributed by atoms with van der Waals surface area (Å²) in [5, 5.41) is 4.62. The number of aromatic nitrogens is 3. The Balaban J connectivity index is 1.40. The number of carbonyl (C=O) groups is 1. The second-order valence-corrected chi connectivity index (χ2v) is 9.97. The highest BCUT2D eigenvalue weighted by Gasteiger charge is 2.62. The Bertz CT molecular complexity index is 924. The van der Waals surface area contributed by atoms with E-state index in [1.807, 2.05) is 6.33 Å². The molecule has 0 radical (unpaired) electrons. The Kier molecular flexibility index (Phi) is 3.28. The average molecular weight is 427 g/mol. The lowest BCUT2D eigenvalue weighted by atomic mass is 9.46. The number of nitrogens with zero attached hydrogens (tertiary/aromatic N) is 4. The van der Waals surface area contributed by atoms with Gasteiger partial charge < -0.3 is 4.90 Å². The van der Waals surface area contributed by atoms with E-state index in [0.717, 1.165) is 50.8 Å². The summed E-state index contributed by atoms with van der Waals surface area (Å²) in [6.07, 6.45) is 9.43. The fourth-order valence-electron chi connectivity index (χ4n) is 7.04. The molecule has 1 aromatic carbocycles. The number of fused-ring (bicyclic) bond motifs is 1. The van der Waals surface area contributed by atoms with Crippen molar-refractivity contribution in [2.24, 2.45) is 17.3 Å². The zero-order chi connectivity index (χ0) is 18.2. The van der Waals surface area contributed by atoms with E-state index in [2.05, 4.69) is 59.9 Å². The third kappa shape index (κ3) is 2.25. The van der Waals surface area contributed by atoms with Gasteiger partial charge in [0, 0.05) is 12.2 Å². The summed E-state index contributed by atoms with van der Waals surface area (Å²) in [5.41, 5.74) is 2.19. The summed E-state index contributed by atoms with van der Waals surface area (Å²) in [6.45, 7) is 0.830. The van der Waals surface area contributed by atoms with Gasteiger partial charge in [-0.3, -0.25) is 4.79 Å². The minimum Gasteiger partial charge on any atom is -0.311 e. The SMILES string of the molecule is O=C(N1CCc2ccccc21)C12C[C@@H]3C[C@@H](C1)CC(n1cnc(Br)n1)(C3)C2. The minimum absolute atomic E-state index is 0.0298. The van der Waals surface area contributed by atoms with Gasteiger partial charge in [-0.25, -0.2) is 9.67 Å². The van der Waals surface area contributed by atoms with Crippen molar-refractivity contribution in [1.82, 2.24) is 14.8 Å². The molecule has 2 aromatic rings. The van der Waals surface area contributed by atoms with E-state index in [-0.39, 0.29) is 11.0 Å². The summed E-state index contributed by atoms with van der Waals surface area (Å²) >= 11 is 3.41. The maximum Gasteiger partial charge on any atom is 0.233 e. The molecule has 0 saturated heterocycles. The predicted molar refractivity (Wildman–Crippen MR) is 105 cm³/mol. The molecule has 2 atom stereocenters. The van der Waals surface area contributed by atoms with Crippen molar-refractivity contribution in [2.75, 3.05) is 11.4 Å². The van der Waals surface area contributed by atoms with E-state index in [1.165, 1.54) is 12.0 Å². The number of benzene rings is 1. The Morgan fingerprint density at radius 3 is 2.67 bits per heavy atom. The molecule has 1 aliphatic heterocycles. The first-order valence-corrected chi connectivity index (χ1v) is 10.8. The molecule has 5 aliphatic rings. The van der Waals surface area contributed by atoms with Gasteiger partial charge in [-0.2, -0.15) is 0 Å². The summed E-state index contributed by atoms with van der Waals surface area (Å²) in [7, 11) is 0. The lowest BCUT2D eigenvalue weighted by Gasteiger charge is -2.61. The summed E-state index contributed by atoms with van der Waals surface area (Å²) < 4.78 is 2.72. The fourth-order valence-corrected chi connectivity index (χ4v) is 7.30. The standard InChI is InChI=1S/C21H23BrN4O/c22-19-23-13-26(24-19)21-10-14-7-15(11-21)9-20(8-14,12-21)18(27)25-6-5-16-3-1-2-4-17(16)25/h1-4,13-15H,5-12H2/t14-,15-,20?,21?/m0/s1. The molecule has 140 valence electrons. The number of amides is 1. The van der Waals surface area contributed by atoms with Gasteiger partial charge in [0.15, 0.2) is 0 Å². The maximum absolute atomic E-state index is 13.9. The Morgan fingerprint density at radius 1 is 1.15 bits per heavy atom. The quantitative estimate of drug-likeness (QED) is 0.730. The summed E-state index contributed by atoms with van der Waals surface area (Å²) in [5.74, 6) is 1.64. The van der Waals surface area contributed by atoms with Crippen molar-refractivity contribution in [2.45, 2.75) is 50.5 Å². The third-order valence-corrected chi connectivity index (χ3v) is 7.93. The van der Waals surface area contributed by atoms with Crippen molar-refractivity contribution in [3.63, 3.8) is 0 Å². The van der Waals surface area contributed by atoms with E-state index in [0.29, 0.717) is 22.5 Å². The highest BCUT2D eigenvalue weighted by Crippen LogP contribution is 2.64. The molecule has 27 heavy (non-hydrogen) atoms. The highest BCUT2D eigenvalue weighted by molar-refractivity contribution is 9.10. The third-order valence-electron chi connectivity index (χ3n) is 7.57. The minimum atomic E-state index is -0.222. The van der Waals surface area contributed by atoms with Gasteiger partial charge in [0.2, 0.25) is 10.6 Å². The van der Waals surface area contributed by atoms with Crippen molar-refractivity contribution in [1.29, 1.82) is 0 Å². The van der Waals surface area contributed by atoms with Crippen molar-refractivity contribution >= 4 is 27.5 Å². The molecular weight excluding hydrogens is 404 g/mol. The summed E-state index contributed by atoms with van der Waals surface area (Å²) in [6, 6.07) is 8.41. The molecule has 0 spiro atoms. The molecule has 1 amide bonds. The number of hydrogen-bond donors (Lipinski definition) is 0. The largest absolute Gasteiger partial charge is 0.311 e. The number of para-hydroxylation sites is 1. The van der Waals surface area contributed by atoms with Gasteiger partial charge in [0.05, 0.1) is 11.0 Å². The molecule has 1 aromatic heterocycles. The second kappa shape index (κ2) is 5.43.